The van der Waals surface area contributed by atoms with E-state index in [-0.39, 0.29) is 35.7 Å². The van der Waals surface area contributed by atoms with E-state index in [2.05, 4.69) is 60.6 Å². The van der Waals surface area contributed by atoms with Crippen LogP contribution in [-0.4, -0.2) is 93.1 Å². The molecule has 54 heavy (non-hydrogen) atoms. The smallest absolute Gasteiger partial charge is 0.407 e. The van der Waals surface area contributed by atoms with Gasteiger partial charge >= 0.3 is 12.2 Å². The van der Waals surface area contributed by atoms with Crippen molar-refractivity contribution in [1.29, 1.82) is 0 Å². The first-order chi connectivity index (χ1) is 26.0. The van der Waals surface area contributed by atoms with Crippen molar-refractivity contribution in [3.8, 4) is 32.2 Å². The van der Waals surface area contributed by atoms with Gasteiger partial charge in [0.25, 0.3) is 0 Å². The second-order valence-electron chi connectivity index (χ2n) is 14.0. The SMILES string of the molecule is COC(=O)N[C@H](C(=O)N1CCC[C@H]1c1ncc(C#Cc2ccc(-c3ccc(-c4cnc([C@@H]5CCCN5C(=O)[C@@H](NC(=O)OC)C(C)C)[nH]4)s3)s2)[nH]1)C(C)C. The summed E-state index contributed by atoms with van der Waals surface area (Å²) < 4.78 is 9.49. The van der Waals surface area contributed by atoms with Gasteiger partial charge in [0.15, 0.2) is 0 Å². The van der Waals surface area contributed by atoms with Gasteiger partial charge in [0.05, 0.1) is 54.1 Å². The van der Waals surface area contributed by atoms with Gasteiger partial charge in [-0.3, -0.25) is 9.59 Å². The number of alkyl carbamates (subject to hydrolysis) is 2. The van der Waals surface area contributed by atoms with Crippen molar-refractivity contribution >= 4 is 46.7 Å². The Kier molecular flexibility index (Phi) is 12.1. The van der Waals surface area contributed by atoms with E-state index in [1.165, 1.54) is 14.2 Å². The number of H-pyrrole nitrogens is 2. The lowest BCUT2D eigenvalue weighted by Crippen LogP contribution is -2.51. The Hall–Kier alpha value is -5.14. The van der Waals surface area contributed by atoms with Crippen LogP contribution in [0.2, 0.25) is 0 Å². The standard InChI is InChI=1S/C38H46N8O6S2/c1-21(2)31(43-37(49)51-5)35(47)45-17-7-9-26(45)33-39-19-23(41-33)11-12-24-13-14-29(53-24)30-16-15-28(54-30)25-20-40-34(42-25)27-10-8-18-46(27)36(48)32(22(3)4)44-38(50)52-6/h13-16,19-22,26-27,31-32H,7-10,17-18H2,1-6H3,(H,39,41)(H,40,42)(H,43,49)(H,44,50)/t26-,27-,31-,32-/m0/s1. The van der Waals surface area contributed by atoms with Gasteiger partial charge in [-0.2, -0.15) is 0 Å². The van der Waals surface area contributed by atoms with Gasteiger partial charge < -0.3 is 39.9 Å². The molecular formula is C38H46N8O6S2. The first-order valence-electron chi connectivity index (χ1n) is 18.1. The summed E-state index contributed by atoms with van der Waals surface area (Å²) in [6.45, 7) is 8.75. The van der Waals surface area contributed by atoms with Crippen molar-refractivity contribution < 1.29 is 28.7 Å². The number of hydrogen-bond donors (Lipinski definition) is 4. The lowest BCUT2D eigenvalue weighted by atomic mass is 10.0. The molecule has 4 aromatic heterocycles. The number of rotatable bonds is 10. The molecule has 0 bridgehead atoms. The quantitative estimate of drug-likeness (QED) is 0.140. The number of aromatic amines is 2. The average Bonchev–Trinajstić information content (AvgIpc) is 4.01. The van der Waals surface area contributed by atoms with Crippen LogP contribution in [0.5, 0.6) is 0 Å². The van der Waals surface area contributed by atoms with Crippen molar-refractivity contribution in [3.63, 3.8) is 0 Å². The van der Waals surface area contributed by atoms with E-state index in [0.29, 0.717) is 24.6 Å². The molecule has 2 fully saturated rings. The number of nitrogens with zero attached hydrogens (tertiary/aromatic N) is 4. The van der Waals surface area contributed by atoms with Crippen LogP contribution in [0, 0.1) is 23.7 Å². The number of carbonyl (C=O) groups excluding carboxylic acids is 4. The number of thiophene rings is 2. The minimum atomic E-state index is -0.696. The van der Waals surface area contributed by atoms with Crippen LogP contribution in [0.3, 0.4) is 0 Å². The van der Waals surface area contributed by atoms with Crippen molar-refractivity contribution in [3.05, 3.63) is 58.9 Å². The van der Waals surface area contributed by atoms with E-state index < -0.39 is 24.3 Å². The van der Waals surface area contributed by atoms with Crippen LogP contribution in [0.4, 0.5) is 9.59 Å². The summed E-state index contributed by atoms with van der Waals surface area (Å²) >= 11 is 3.24. The highest BCUT2D eigenvalue weighted by Gasteiger charge is 2.39. The fourth-order valence-corrected chi connectivity index (χ4v) is 8.79. The number of nitrogens with one attached hydrogen (secondary N) is 4. The van der Waals surface area contributed by atoms with Crippen molar-refractivity contribution in [1.82, 2.24) is 40.4 Å². The average molecular weight is 775 g/mol. The van der Waals surface area contributed by atoms with E-state index in [1.54, 1.807) is 38.7 Å². The maximum absolute atomic E-state index is 13.5. The normalized spacial score (nSPS) is 18.0. The zero-order valence-corrected chi connectivity index (χ0v) is 32.9. The van der Waals surface area contributed by atoms with E-state index in [1.807, 2.05) is 40.0 Å². The van der Waals surface area contributed by atoms with Gasteiger partial charge in [-0.15, -0.1) is 22.7 Å². The molecule has 4 aromatic rings. The molecule has 16 heteroatoms. The van der Waals surface area contributed by atoms with E-state index in [4.69, 9.17) is 9.47 Å². The molecule has 4 N–H and O–H groups in total. The molecule has 0 aliphatic carbocycles. The Morgan fingerprint density at radius 2 is 1.26 bits per heavy atom. The summed E-state index contributed by atoms with van der Waals surface area (Å²) in [4.78, 5) is 74.5. The molecule has 6 rings (SSSR count). The summed E-state index contributed by atoms with van der Waals surface area (Å²) in [6, 6.07) is 6.39. The largest absolute Gasteiger partial charge is 0.453 e. The fraction of sp³-hybridized carbons (Fsp3) is 0.474. The second kappa shape index (κ2) is 16.9. The number of aromatic nitrogens is 4. The molecule has 2 aliphatic rings. The van der Waals surface area contributed by atoms with Crippen molar-refractivity contribution in [2.45, 2.75) is 77.5 Å². The monoisotopic (exact) mass is 774 g/mol. The highest BCUT2D eigenvalue weighted by atomic mass is 32.1. The van der Waals surface area contributed by atoms with Crippen LogP contribution in [0.1, 0.15) is 87.7 Å². The zero-order valence-electron chi connectivity index (χ0n) is 31.2. The molecule has 0 radical (unpaired) electrons. The molecule has 0 spiro atoms. The predicted molar refractivity (Wildman–Crippen MR) is 205 cm³/mol. The Morgan fingerprint density at radius 1 is 0.741 bits per heavy atom. The van der Waals surface area contributed by atoms with Gasteiger partial charge in [-0.25, -0.2) is 19.6 Å². The third-order valence-electron chi connectivity index (χ3n) is 9.72. The summed E-state index contributed by atoms with van der Waals surface area (Å²) in [5.41, 5.74) is 1.53. The lowest BCUT2D eigenvalue weighted by molar-refractivity contribution is -0.136. The Morgan fingerprint density at radius 3 is 1.83 bits per heavy atom. The third kappa shape index (κ3) is 8.47. The zero-order chi connectivity index (χ0) is 38.5. The van der Waals surface area contributed by atoms with E-state index >= 15 is 0 Å². The van der Waals surface area contributed by atoms with Crippen molar-refractivity contribution in [2.75, 3.05) is 27.3 Å². The summed E-state index contributed by atoms with van der Waals surface area (Å²) in [5.74, 6) is 7.32. The number of hydrogen-bond acceptors (Lipinski definition) is 10. The fourth-order valence-electron chi connectivity index (χ4n) is 6.87. The molecule has 0 unspecified atom stereocenters. The topological polar surface area (TPSA) is 175 Å². The molecule has 286 valence electrons. The summed E-state index contributed by atoms with van der Waals surface area (Å²) in [5, 5.41) is 5.37. The summed E-state index contributed by atoms with van der Waals surface area (Å²) in [7, 11) is 2.57. The number of amides is 4. The highest BCUT2D eigenvalue weighted by Crippen LogP contribution is 2.39. The van der Waals surface area contributed by atoms with Crippen LogP contribution >= 0.6 is 22.7 Å². The molecule has 0 aromatic carbocycles. The Labute approximate surface area is 322 Å². The maximum atomic E-state index is 13.5. The molecule has 2 saturated heterocycles. The number of imidazole rings is 2. The molecular weight excluding hydrogens is 729 g/mol. The van der Waals surface area contributed by atoms with Gasteiger partial charge in [-0.1, -0.05) is 27.7 Å². The maximum Gasteiger partial charge on any atom is 0.407 e. The van der Waals surface area contributed by atoms with Crippen molar-refractivity contribution in [2.24, 2.45) is 11.8 Å². The second-order valence-corrected chi connectivity index (χ2v) is 16.2. The number of carbonyl (C=O) groups is 4. The van der Waals surface area contributed by atoms with Crippen LogP contribution < -0.4 is 10.6 Å². The number of methoxy groups -OCH3 is 2. The minimum absolute atomic E-state index is 0.105. The molecule has 0 saturated carbocycles. The Balaban J connectivity index is 1.10. The van der Waals surface area contributed by atoms with Gasteiger partial charge in [0.1, 0.15) is 29.4 Å². The molecule has 2 aliphatic heterocycles. The highest BCUT2D eigenvalue weighted by molar-refractivity contribution is 7.24. The van der Waals surface area contributed by atoms with Gasteiger partial charge in [0, 0.05) is 22.8 Å². The first kappa shape index (κ1) is 38.6. The molecule has 6 heterocycles. The lowest BCUT2D eigenvalue weighted by Gasteiger charge is -2.30. The molecule has 4 amide bonds. The molecule has 14 nitrogen and oxygen atoms in total. The van der Waals surface area contributed by atoms with Gasteiger partial charge in [0.2, 0.25) is 11.8 Å². The van der Waals surface area contributed by atoms with Gasteiger partial charge in [-0.05, 0) is 73.6 Å². The van der Waals surface area contributed by atoms with E-state index in [9.17, 15) is 19.2 Å². The Bertz CT molecular complexity index is 2040. The first-order valence-corrected chi connectivity index (χ1v) is 19.7. The third-order valence-corrected chi connectivity index (χ3v) is 12.0. The molecule has 4 atom stereocenters. The minimum Gasteiger partial charge on any atom is -0.453 e. The predicted octanol–water partition coefficient (Wildman–Crippen LogP) is 6.08. The number of ether oxygens (including phenoxy) is 2. The van der Waals surface area contributed by atoms with Crippen LogP contribution in [0.15, 0.2) is 36.7 Å². The summed E-state index contributed by atoms with van der Waals surface area (Å²) in [6.07, 6.45) is 5.47. The van der Waals surface area contributed by atoms with Crippen LogP contribution in [0.25, 0.3) is 20.3 Å². The van der Waals surface area contributed by atoms with Crippen LogP contribution in [-0.2, 0) is 19.1 Å². The van der Waals surface area contributed by atoms with E-state index in [0.717, 1.165) is 56.7 Å². The number of likely N-dealkylation sites (tertiary alicyclic amines) is 2.